The molecule has 1 aliphatic heterocycles. The van der Waals surface area contributed by atoms with E-state index >= 15 is 0 Å². The molecule has 8 heteroatoms. The van der Waals surface area contributed by atoms with Crippen LogP contribution >= 0.6 is 11.6 Å². The first-order valence-corrected chi connectivity index (χ1v) is 10.9. The summed E-state index contributed by atoms with van der Waals surface area (Å²) in [5.41, 5.74) is 4.22. The van der Waals surface area contributed by atoms with Gasteiger partial charge in [0.15, 0.2) is 0 Å². The van der Waals surface area contributed by atoms with Crippen LogP contribution in [0.4, 0.5) is 4.39 Å². The van der Waals surface area contributed by atoms with E-state index in [4.69, 9.17) is 16.6 Å². The maximum Gasteiger partial charge on any atom is 0.250 e. The minimum absolute atomic E-state index is 0.138. The van der Waals surface area contributed by atoms with E-state index < -0.39 is 16.8 Å². The Labute approximate surface area is 180 Å². The third-order valence-corrected chi connectivity index (χ3v) is 6.48. The molecule has 5 nitrogen and oxygen atoms in total. The zero-order valence-corrected chi connectivity index (χ0v) is 18.0. The highest BCUT2D eigenvalue weighted by Crippen LogP contribution is 2.34. The summed E-state index contributed by atoms with van der Waals surface area (Å²) in [6.45, 7) is 2.72. The van der Waals surface area contributed by atoms with Crippen LogP contribution in [0.3, 0.4) is 0 Å². The molecule has 0 bridgehead atoms. The summed E-state index contributed by atoms with van der Waals surface area (Å²) in [5.74, 6) is -0.430. The Morgan fingerprint density at radius 3 is 2.63 bits per heavy atom. The number of fused-ring (bicyclic) bond motifs is 3. The molecule has 0 fully saturated rings. The number of aryl methyl sites for hydroxylation is 1. The molecule has 0 aliphatic carbocycles. The molecule has 30 heavy (non-hydrogen) atoms. The second kappa shape index (κ2) is 8.26. The standard InChI is InChI=1S/C22H19ClFN3O2S/c1-3-26-30(29)15-5-7-16-18(10-15)19-12-27(2)21(28)8-13(19)11-25-22(16)17-6-4-14(24)9-20(17)23/h4-10,12,26H,3,11H2,1-2H3. The van der Waals surface area contributed by atoms with Crippen molar-refractivity contribution in [2.75, 3.05) is 6.54 Å². The normalized spacial score (nSPS) is 13.8. The van der Waals surface area contributed by atoms with Crippen LogP contribution in [-0.2, 0) is 24.6 Å². The number of rotatable bonds is 4. The Hall–Kier alpha value is -2.61. The first-order valence-electron chi connectivity index (χ1n) is 9.38. The summed E-state index contributed by atoms with van der Waals surface area (Å²) in [4.78, 5) is 17.5. The van der Waals surface area contributed by atoms with Crippen LogP contribution in [0, 0.1) is 5.82 Å². The Morgan fingerprint density at radius 1 is 1.13 bits per heavy atom. The van der Waals surface area contributed by atoms with Crippen molar-refractivity contribution in [3.05, 3.63) is 86.5 Å². The quantitative estimate of drug-likeness (QED) is 0.666. The fraction of sp³-hybridized carbons (Fsp3) is 0.182. The minimum atomic E-state index is -1.37. The molecule has 1 N–H and O–H groups in total. The highest BCUT2D eigenvalue weighted by molar-refractivity contribution is 7.83. The van der Waals surface area contributed by atoms with Crippen LogP contribution in [-0.4, -0.2) is 21.0 Å². The van der Waals surface area contributed by atoms with Crippen molar-refractivity contribution in [2.24, 2.45) is 12.0 Å². The van der Waals surface area contributed by atoms with Gasteiger partial charge in [0, 0.05) is 42.5 Å². The van der Waals surface area contributed by atoms with Crippen molar-refractivity contribution in [3.63, 3.8) is 0 Å². The van der Waals surface area contributed by atoms with Crippen LogP contribution in [0.1, 0.15) is 23.6 Å². The van der Waals surface area contributed by atoms with Crippen LogP contribution in [0.25, 0.3) is 11.1 Å². The van der Waals surface area contributed by atoms with Crippen LogP contribution in [0.2, 0.25) is 5.02 Å². The SMILES string of the molecule is CCNS(=O)c1ccc2c(c1)-c1cn(C)c(=O)cc1CN=C2c1ccc(F)cc1Cl. The molecule has 1 aromatic heterocycles. The number of aromatic nitrogens is 1. The van der Waals surface area contributed by atoms with E-state index in [1.54, 1.807) is 31.4 Å². The van der Waals surface area contributed by atoms with Gasteiger partial charge < -0.3 is 4.57 Å². The number of pyridine rings is 1. The minimum Gasteiger partial charge on any atom is -0.318 e. The first kappa shape index (κ1) is 20.7. The van der Waals surface area contributed by atoms with Crippen molar-refractivity contribution in [2.45, 2.75) is 18.4 Å². The van der Waals surface area contributed by atoms with E-state index in [-0.39, 0.29) is 17.1 Å². The lowest BCUT2D eigenvalue weighted by Gasteiger charge is -2.15. The van der Waals surface area contributed by atoms with Gasteiger partial charge in [-0.2, -0.15) is 0 Å². The summed E-state index contributed by atoms with van der Waals surface area (Å²) in [5, 5.41) is 0.251. The zero-order valence-electron chi connectivity index (χ0n) is 16.4. The average Bonchev–Trinajstić information content (AvgIpc) is 2.85. The van der Waals surface area contributed by atoms with Gasteiger partial charge in [0.2, 0.25) is 0 Å². The number of hydrogen-bond donors (Lipinski definition) is 1. The summed E-state index contributed by atoms with van der Waals surface area (Å²) in [6, 6.07) is 11.2. The van der Waals surface area contributed by atoms with Gasteiger partial charge in [0.1, 0.15) is 16.8 Å². The zero-order chi connectivity index (χ0) is 21.4. The summed E-state index contributed by atoms with van der Waals surface area (Å²) < 4.78 is 30.6. The number of aliphatic imine (C=N–C) groups is 1. The molecule has 0 saturated carbocycles. The van der Waals surface area contributed by atoms with Gasteiger partial charge in [-0.25, -0.2) is 13.3 Å². The van der Waals surface area contributed by atoms with Gasteiger partial charge in [-0.3, -0.25) is 9.79 Å². The fourth-order valence-electron chi connectivity index (χ4n) is 3.49. The maximum atomic E-state index is 13.6. The predicted molar refractivity (Wildman–Crippen MR) is 118 cm³/mol. The highest BCUT2D eigenvalue weighted by Gasteiger charge is 2.22. The van der Waals surface area contributed by atoms with Crippen molar-refractivity contribution < 1.29 is 8.60 Å². The molecule has 1 atom stereocenters. The lowest BCUT2D eigenvalue weighted by atomic mass is 9.93. The molecule has 0 amide bonds. The molecule has 0 radical (unpaired) electrons. The Kier molecular flexibility index (Phi) is 5.69. The molecule has 0 spiro atoms. The van der Waals surface area contributed by atoms with Crippen molar-refractivity contribution in [1.82, 2.24) is 9.29 Å². The topological polar surface area (TPSA) is 63.5 Å². The number of hydrogen-bond acceptors (Lipinski definition) is 3. The van der Waals surface area contributed by atoms with Crippen LogP contribution in [0.5, 0.6) is 0 Å². The Morgan fingerprint density at radius 2 is 1.90 bits per heavy atom. The third kappa shape index (κ3) is 3.76. The van der Waals surface area contributed by atoms with E-state index in [1.807, 2.05) is 19.1 Å². The van der Waals surface area contributed by atoms with Gasteiger partial charge in [0.05, 0.1) is 22.2 Å². The van der Waals surface area contributed by atoms with Crippen molar-refractivity contribution in [1.29, 1.82) is 0 Å². The molecule has 3 aromatic rings. The van der Waals surface area contributed by atoms with E-state index in [1.165, 1.54) is 16.7 Å². The van der Waals surface area contributed by atoms with Gasteiger partial charge in [-0.15, -0.1) is 0 Å². The molecule has 1 aliphatic rings. The van der Waals surface area contributed by atoms with E-state index in [0.29, 0.717) is 22.7 Å². The van der Waals surface area contributed by atoms with E-state index in [0.717, 1.165) is 22.3 Å². The Balaban J connectivity index is 1.99. The summed E-state index contributed by atoms with van der Waals surface area (Å²) >= 11 is 6.33. The first-order chi connectivity index (χ1) is 14.4. The molecule has 154 valence electrons. The van der Waals surface area contributed by atoms with E-state index in [2.05, 4.69) is 4.72 Å². The third-order valence-electron chi connectivity index (χ3n) is 4.93. The molecule has 2 aromatic carbocycles. The molecular weight excluding hydrogens is 425 g/mol. The molecule has 0 saturated heterocycles. The lowest BCUT2D eigenvalue weighted by Crippen LogP contribution is -2.17. The molecular formula is C22H19ClFN3O2S. The van der Waals surface area contributed by atoms with Crippen LogP contribution < -0.4 is 10.3 Å². The highest BCUT2D eigenvalue weighted by atomic mass is 35.5. The van der Waals surface area contributed by atoms with Gasteiger partial charge in [0.25, 0.3) is 5.56 Å². The van der Waals surface area contributed by atoms with Crippen molar-refractivity contribution in [3.8, 4) is 11.1 Å². The fourth-order valence-corrected chi connectivity index (χ4v) is 4.59. The Bertz CT molecular complexity index is 1270. The summed E-state index contributed by atoms with van der Waals surface area (Å²) in [6.07, 6.45) is 1.77. The monoisotopic (exact) mass is 443 g/mol. The smallest absolute Gasteiger partial charge is 0.250 e. The van der Waals surface area contributed by atoms with E-state index in [9.17, 15) is 13.4 Å². The number of halogens is 2. The second-order valence-electron chi connectivity index (χ2n) is 6.92. The van der Waals surface area contributed by atoms with Gasteiger partial charge in [-0.05, 0) is 41.5 Å². The maximum absolute atomic E-state index is 13.6. The number of nitrogens with one attached hydrogen (secondary N) is 1. The summed E-state index contributed by atoms with van der Waals surface area (Å²) in [7, 11) is 0.316. The predicted octanol–water partition coefficient (Wildman–Crippen LogP) is 3.83. The van der Waals surface area contributed by atoms with Crippen molar-refractivity contribution >= 4 is 28.3 Å². The van der Waals surface area contributed by atoms with Gasteiger partial charge >= 0.3 is 0 Å². The molecule has 4 rings (SSSR count). The number of nitrogens with zero attached hydrogens (tertiary/aromatic N) is 2. The molecule has 1 unspecified atom stereocenters. The average molecular weight is 444 g/mol. The lowest BCUT2D eigenvalue weighted by molar-refractivity contribution is 0.628. The van der Waals surface area contributed by atoms with Gasteiger partial charge in [-0.1, -0.05) is 24.6 Å². The number of benzene rings is 2. The second-order valence-corrected chi connectivity index (χ2v) is 8.63. The molecule has 2 heterocycles. The van der Waals surface area contributed by atoms with Crippen LogP contribution in [0.15, 0.2) is 63.3 Å². The largest absolute Gasteiger partial charge is 0.318 e.